The molecule has 0 radical (unpaired) electrons. The van der Waals surface area contributed by atoms with Gasteiger partial charge in [-0.15, -0.1) is 0 Å². The van der Waals surface area contributed by atoms with Crippen molar-refractivity contribution >= 4 is 13.1 Å². The maximum absolute atomic E-state index is 6.10. The van der Waals surface area contributed by atoms with Crippen LogP contribution in [0.1, 0.15) is 20.3 Å². The molecule has 0 amide bonds. The second kappa shape index (κ2) is 18.4. The van der Waals surface area contributed by atoms with Gasteiger partial charge in [0.25, 0.3) is 0 Å². The quantitative estimate of drug-likeness (QED) is 0.384. The van der Waals surface area contributed by atoms with Crippen molar-refractivity contribution in [3.8, 4) is 0 Å². The van der Waals surface area contributed by atoms with E-state index in [1.54, 1.807) is 0 Å². The van der Waals surface area contributed by atoms with Gasteiger partial charge in [0, 0.05) is 0 Å². The molecular weight excluding hydrogens is 88.1 g/mol. The monoisotopic (exact) mass is 100 g/mol. The lowest BCUT2D eigenvalue weighted by molar-refractivity contribution is 1.09. The first-order chi connectivity index (χ1) is 3.33. The largest absolute Gasteiger partial charge is 0.290 e. The van der Waals surface area contributed by atoms with Gasteiger partial charge in [-0.25, -0.2) is 0 Å². The Hall–Kier alpha value is -0.660. The Morgan fingerprint density at radius 1 is 1.71 bits per heavy atom. The van der Waals surface area contributed by atoms with Gasteiger partial charge < -0.3 is 0 Å². The highest BCUT2D eigenvalue weighted by molar-refractivity contribution is 5.58. The third-order valence-corrected chi connectivity index (χ3v) is 0.0913. The van der Waals surface area contributed by atoms with E-state index in [0.717, 1.165) is 6.34 Å². The van der Waals surface area contributed by atoms with Gasteiger partial charge >= 0.3 is 0 Å². The highest BCUT2D eigenvalue weighted by Gasteiger charge is 1.35. The van der Waals surface area contributed by atoms with Crippen LogP contribution in [0.15, 0.2) is 4.99 Å². The van der Waals surface area contributed by atoms with Crippen LogP contribution in [0.4, 0.5) is 0 Å². The van der Waals surface area contributed by atoms with Gasteiger partial charge in [0.15, 0.2) is 0 Å². The normalized spacial score (nSPS) is 5.43. The molecule has 0 spiro atoms. The zero-order valence-electron chi connectivity index (χ0n) is 4.94. The van der Waals surface area contributed by atoms with E-state index in [-0.39, 0.29) is 0 Å². The molecule has 1 N–H and O–H groups in total. The van der Waals surface area contributed by atoms with E-state index in [1.165, 1.54) is 6.42 Å². The zero-order valence-corrected chi connectivity index (χ0v) is 4.94. The van der Waals surface area contributed by atoms with Crippen LogP contribution in [0, 0.1) is 5.41 Å². The van der Waals surface area contributed by atoms with Gasteiger partial charge in [-0.05, 0) is 6.72 Å². The first-order valence-corrected chi connectivity index (χ1v) is 2.28. The van der Waals surface area contributed by atoms with E-state index < -0.39 is 0 Å². The van der Waals surface area contributed by atoms with Gasteiger partial charge in [0.2, 0.25) is 0 Å². The summed E-state index contributed by atoms with van der Waals surface area (Å²) < 4.78 is 0. The Kier molecular flexibility index (Phi) is 25.2. The smallest absolute Gasteiger partial charge is 0.106 e. The molecule has 0 saturated carbocycles. The van der Waals surface area contributed by atoms with Crippen molar-refractivity contribution in [1.82, 2.24) is 0 Å². The van der Waals surface area contributed by atoms with Gasteiger partial charge in [0.1, 0.15) is 6.34 Å². The average molecular weight is 100 g/mol. The van der Waals surface area contributed by atoms with Gasteiger partial charge in [-0.2, -0.15) is 0 Å². The van der Waals surface area contributed by atoms with Crippen molar-refractivity contribution in [2.24, 2.45) is 4.99 Å². The molecule has 0 aliphatic heterocycles. The molecule has 0 unspecified atom stereocenters. The number of hydrogen-bond acceptors (Lipinski definition) is 1. The molecule has 42 valence electrons. The number of hydrogen-bond donors (Lipinski definition) is 1. The second-order valence-corrected chi connectivity index (χ2v) is 1.02. The van der Waals surface area contributed by atoms with Crippen molar-refractivity contribution in [1.29, 1.82) is 5.41 Å². The molecule has 0 aliphatic rings. The molecule has 0 atom stereocenters. The number of nitrogens with zero attached hydrogens (tertiary/aromatic N) is 1. The number of aliphatic imine (C=N–C) groups is 1. The van der Waals surface area contributed by atoms with E-state index in [1.807, 2.05) is 0 Å². The lowest BCUT2D eigenvalue weighted by Gasteiger charge is -1.48. The maximum Gasteiger partial charge on any atom is 0.106 e. The summed E-state index contributed by atoms with van der Waals surface area (Å²) in [6.07, 6.45) is 2.14. The topological polar surface area (TPSA) is 36.2 Å². The predicted molar refractivity (Wildman–Crippen MR) is 34.3 cm³/mol. The van der Waals surface area contributed by atoms with Crippen LogP contribution >= 0.6 is 0 Å². The minimum atomic E-state index is 0.889. The first-order valence-electron chi connectivity index (χ1n) is 2.28. The molecule has 0 heterocycles. The van der Waals surface area contributed by atoms with E-state index in [0.29, 0.717) is 0 Å². The third kappa shape index (κ3) is 515. The van der Waals surface area contributed by atoms with Crippen molar-refractivity contribution in [2.45, 2.75) is 20.3 Å². The molecule has 0 aliphatic carbocycles. The molecular formula is C5H12N2. The third-order valence-electron chi connectivity index (χ3n) is 0.0913. The van der Waals surface area contributed by atoms with Crippen molar-refractivity contribution in [3.63, 3.8) is 0 Å². The Morgan fingerprint density at radius 2 is 1.86 bits per heavy atom. The second-order valence-electron chi connectivity index (χ2n) is 1.02. The summed E-state index contributed by atoms with van der Waals surface area (Å²) in [7, 11) is 0. The Bertz CT molecular complexity index is 35.3. The Labute approximate surface area is 44.8 Å². The fourth-order valence-corrected chi connectivity index (χ4v) is 0. The van der Waals surface area contributed by atoms with Crippen molar-refractivity contribution < 1.29 is 0 Å². The van der Waals surface area contributed by atoms with Crippen molar-refractivity contribution in [2.75, 3.05) is 0 Å². The first kappa shape index (κ1) is 9.60. The van der Waals surface area contributed by atoms with E-state index in [2.05, 4.69) is 25.6 Å². The van der Waals surface area contributed by atoms with Crippen LogP contribution in [0.5, 0.6) is 0 Å². The summed E-state index contributed by atoms with van der Waals surface area (Å²) in [6.45, 7) is 7.24. The molecule has 0 aromatic heterocycles. The van der Waals surface area contributed by atoms with E-state index in [9.17, 15) is 0 Å². The molecule has 0 aromatic rings. The fraction of sp³-hybridized carbons (Fsp3) is 0.600. The molecule has 0 saturated heterocycles. The molecule has 7 heavy (non-hydrogen) atoms. The van der Waals surface area contributed by atoms with Crippen LogP contribution in [0.25, 0.3) is 0 Å². The highest BCUT2D eigenvalue weighted by atomic mass is 14.7. The lowest BCUT2D eigenvalue weighted by Crippen LogP contribution is -1.44. The predicted octanol–water partition coefficient (Wildman–Crippen LogP) is 1.71. The Balaban J connectivity index is 0. The standard InChI is InChI=1S/C3H8.C2H4N2/c1-3-2;1-4-2-3/h3H2,1-2H3;2-3H,1H2. The zero-order chi connectivity index (χ0) is 6.12. The number of rotatable bonds is 1. The van der Waals surface area contributed by atoms with Crippen LogP contribution in [-0.4, -0.2) is 13.1 Å². The minimum Gasteiger partial charge on any atom is -0.290 e. The Morgan fingerprint density at radius 3 is 1.86 bits per heavy atom. The molecule has 0 fully saturated rings. The average Bonchev–Trinajstić information content (AvgIpc) is 1.69. The van der Waals surface area contributed by atoms with Crippen molar-refractivity contribution in [3.05, 3.63) is 0 Å². The molecule has 2 heteroatoms. The van der Waals surface area contributed by atoms with Gasteiger partial charge in [-0.1, -0.05) is 20.3 Å². The minimum absolute atomic E-state index is 0.889. The van der Waals surface area contributed by atoms with Crippen LogP contribution in [-0.2, 0) is 0 Å². The fourth-order valence-electron chi connectivity index (χ4n) is 0. The van der Waals surface area contributed by atoms with Crippen LogP contribution < -0.4 is 0 Å². The van der Waals surface area contributed by atoms with Gasteiger partial charge in [0.05, 0.1) is 0 Å². The summed E-state index contributed by atoms with van der Waals surface area (Å²) in [5, 5.41) is 6.10. The summed E-state index contributed by atoms with van der Waals surface area (Å²) in [5.41, 5.74) is 0. The summed E-state index contributed by atoms with van der Waals surface area (Å²) in [4.78, 5) is 3.03. The molecule has 0 rings (SSSR count). The summed E-state index contributed by atoms with van der Waals surface area (Å²) in [5.74, 6) is 0. The summed E-state index contributed by atoms with van der Waals surface area (Å²) in [6, 6.07) is 0. The summed E-state index contributed by atoms with van der Waals surface area (Å²) >= 11 is 0. The molecule has 0 aromatic carbocycles. The molecule has 0 bridgehead atoms. The van der Waals surface area contributed by atoms with Crippen LogP contribution in [0.2, 0.25) is 0 Å². The SMILES string of the molecule is C=NC=N.CCC. The van der Waals surface area contributed by atoms with Crippen LogP contribution in [0.3, 0.4) is 0 Å². The van der Waals surface area contributed by atoms with E-state index in [4.69, 9.17) is 5.41 Å². The lowest BCUT2D eigenvalue weighted by atomic mass is 10.6. The number of nitrogens with one attached hydrogen (secondary N) is 1. The van der Waals surface area contributed by atoms with Gasteiger partial charge in [-0.3, -0.25) is 10.4 Å². The molecule has 2 nitrogen and oxygen atoms in total. The van der Waals surface area contributed by atoms with E-state index >= 15 is 0 Å². The highest BCUT2D eigenvalue weighted by Crippen LogP contribution is 1.56. The maximum atomic E-state index is 6.10.